The third-order valence-electron chi connectivity index (χ3n) is 3.85. The van der Waals surface area contributed by atoms with Gasteiger partial charge in [0.2, 0.25) is 0 Å². The van der Waals surface area contributed by atoms with Crippen molar-refractivity contribution in [2.45, 2.75) is 24.1 Å². The molecule has 3 aliphatic rings. The number of rotatable bonds is 1. The monoisotopic (exact) mass is 242 g/mol. The van der Waals surface area contributed by atoms with E-state index in [1.807, 2.05) is 0 Å². The fraction of sp³-hybridized carbons (Fsp3) is 0.818. The Morgan fingerprint density at radius 3 is 2.88 bits per heavy atom. The van der Waals surface area contributed by atoms with Gasteiger partial charge in [0.1, 0.15) is 0 Å². The van der Waals surface area contributed by atoms with Crippen molar-refractivity contribution in [2.24, 2.45) is 5.92 Å². The number of halogens is 1. The summed E-state index contributed by atoms with van der Waals surface area (Å²) in [7, 11) is 0. The molecular weight excluding hydrogens is 224 g/mol. The van der Waals surface area contributed by atoms with Gasteiger partial charge in [0, 0.05) is 38.1 Å². The third-order valence-corrected chi connectivity index (χ3v) is 4.16. The van der Waals surface area contributed by atoms with E-state index in [4.69, 9.17) is 11.6 Å². The SMILES string of the molecule is ClC1CC(N2CCNCC2)C2C=CNC2N1. The van der Waals surface area contributed by atoms with E-state index < -0.39 is 0 Å². The van der Waals surface area contributed by atoms with Gasteiger partial charge in [-0.15, -0.1) is 11.6 Å². The molecule has 0 spiro atoms. The highest BCUT2D eigenvalue weighted by atomic mass is 35.5. The second-order valence-corrected chi connectivity index (χ2v) is 5.33. The Morgan fingerprint density at radius 2 is 2.06 bits per heavy atom. The van der Waals surface area contributed by atoms with Crippen molar-refractivity contribution < 1.29 is 0 Å². The van der Waals surface area contributed by atoms with Gasteiger partial charge in [0.15, 0.2) is 0 Å². The minimum absolute atomic E-state index is 0.0912. The molecule has 3 rings (SSSR count). The predicted molar refractivity (Wildman–Crippen MR) is 65.2 cm³/mol. The van der Waals surface area contributed by atoms with Crippen LogP contribution in [-0.2, 0) is 0 Å². The Hall–Kier alpha value is -0.290. The molecule has 3 heterocycles. The predicted octanol–water partition coefficient (Wildman–Crippen LogP) is -0.122. The fourth-order valence-electron chi connectivity index (χ4n) is 3.04. The quantitative estimate of drug-likeness (QED) is 0.443. The molecule has 2 saturated heterocycles. The number of piperazine rings is 1. The first-order valence-corrected chi connectivity index (χ1v) is 6.56. The summed E-state index contributed by atoms with van der Waals surface area (Å²) in [6, 6.07) is 0.585. The van der Waals surface area contributed by atoms with E-state index in [-0.39, 0.29) is 5.50 Å². The lowest BCUT2D eigenvalue weighted by Crippen LogP contribution is -2.61. The Bertz CT molecular complexity index is 277. The van der Waals surface area contributed by atoms with Gasteiger partial charge in [-0.1, -0.05) is 6.08 Å². The lowest BCUT2D eigenvalue weighted by Gasteiger charge is -2.44. The molecule has 0 saturated carbocycles. The minimum Gasteiger partial charge on any atom is -0.375 e. The summed E-state index contributed by atoms with van der Waals surface area (Å²) in [5.74, 6) is 0.563. The van der Waals surface area contributed by atoms with Gasteiger partial charge in [-0.25, -0.2) is 0 Å². The number of hydrogen-bond donors (Lipinski definition) is 3. The van der Waals surface area contributed by atoms with Gasteiger partial charge < -0.3 is 10.6 Å². The molecule has 2 fully saturated rings. The maximum Gasteiger partial charge on any atom is 0.0856 e. The van der Waals surface area contributed by atoms with Crippen molar-refractivity contribution in [3.05, 3.63) is 12.3 Å². The average molecular weight is 243 g/mol. The molecule has 16 heavy (non-hydrogen) atoms. The maximum absolute atomic E-state index is 6.28. The van der Waals surface area contributed by atoms with E-state index in [2.05, 4.69) is 33.1 Å². The van der Waals surface area contributed by atoms with Crippen molar-refractivity contribution in [1.29, 1.82) is 0 Å². The molecule has 5 heteroatoms. The second kappa shape index (κ2) is 4.53. The number of fused-ring (bicyclic) bond motifs is 1. The Balaban J connectivity index is 1.73. The van der Waals surface area contributed by atoms with Crippen LogP contribution in [0.15, 0.2) is 12.3 Å². The van der Waals surface area contributed by atoms with E-state index in [9.17, 15) is 0 Å². The summed E-state index contributed by atoms with van der Waals surface area (Å²) >= 11 is 6.28. The van der Waals surface area contributed by atoms with E-state index in [0.29, 0.717) is 18.1 Å². The molecule has 0 aromatic heterocycles. The number of nitrogens with zero attached hydrogens (tertiary/aromatic N) is 1. The van der Waals surface area contributed by atoms with Gasteiger partial charge in [-0.2, -0.15) is 0 Å². The summed E-state index contributed by atoms with van der Waals surface area (Å²) < 4.78 is 0. The van der Waals surface area contributed by atoms with Gasteiger partial charge in [-0.3, -0.25) is 10.2 Å². The summed E-state index contributed by atoms with van der Waals surface area (Å²) in [6.07, 6.45) is 5.71. The third kappa shape index (κ3) is 1.95. The van der Waals surface area contributed by atoms with Crippen LogP contribution in [0.5, 0.6) is 0 Å². The van der Waals surface area contributed by atoms with Crippen LogP contribution in [-0.4, -0.2) is 48.8 Å². The van der Waals surface area contributed by atoms with Gasteiger partial charge >= 0.3 is 0 Å². The number of alkyl halides is 1. The molecule has 0 aromatic carbocycles. The van der Waals surface area contributed by atoms with Crippen molar-refractivity contribution in [3.63, 3.8) is 0 Å². The topological polar surface area (TPSA) is 39.3 Å². The molecule has 0 aromatic rings. The Kier molecular flexibility index (Phi) is 3.07. The molecule has 4 atom stereocenters. The van der Waals surface area contributed by atoms with E-state index >= 15 is 0 Å². The maximum atomic E-state index is 6.28. The average Bonchev–Trinajstić information content (AvgIpc) is 2.77. The number of nitrogens with one attached hydrogen (secondary N) is 3. The molecule has 0 bridgehead atoms. The van der Waals surface area contributed by atoms with E-state index in [1.54, 1.807) is 0 Å². The van der Waals surface area contributed by atoms with Crippen LogP contribution >= 0.6 is 11.6 Å². The van der Waals surface area contributed by atoms with Gasteiger partial charge in [0.05, 0.1) is 11.7 Å². The highest BCUT2D eigenvalue weighted by Gasteiger charge is 2.40. The molecule has 3 N–H and O–H groups in total. The summed E-state index contributed by atoms with van der Waals surface area (Å²) in [5, 5.41) is 10.1. The Morgan fingerprint density at radius 1 is 1.25 bits per heavy atom. The van der Waals surface area contributed by atoms with Gasteiger partial charge in [0.25, 0.3) is 0 Å². The molecule has 0 aliphatic carbocycles. The molecular formula is C11H19ClN4. The van der Waals surface area contributed by atoms with Crippen LogP contribution < -0.4 is 16.0 Å². The lowest BCUT2D eigenvalue weighted by atomic mass is 9.90. The molecule has 3 aliphatic heterocycles. The first-order chi connectivity index (χ1) is 7.84. The van der Waals surface area contributed by atoms with E-state index in [0.717, 1.165) is 32.6 Å². The van der Waals surface area contributed by atoms with Crippen molar-refractivity contribution in [2.75, 3.05) is 26.2 Å². The van der Waals surface area contributed by atoms with Crippen LogP contribution in [0.3, 0.4) is 0 Å². The summed E-state index contributed by atoms with van der Waals surface area (Å²) in [6.45, 7) is 4.49. The normalized spacial score (nSPS) is 44.1. The number of piperidine rings is 1. The minimum atomic E-state index is 0.0912. The van der Waals surface area contributed by atoms with Crippen LogP contribution in [0.2, 0.25) is 0 Å². The standard InChI is InChI=1S/C11H19ClN4/c12-10-7-9(16-5-3-13-4-6-16)8-1-2-14-11(8)15-10/h1-2,8-11,13-15H,3-7H2. The fourth-order valence-corrected chi connectivity index (χ4v) is 3.36. The Labute approximate surface area is 101 Å². The number of hydrogen-bond acceptors (Lipinski definition) is 4. The zero-order valence-electron chi connectivity index (χ0n) is 9.32. The first-order valence-electron chi connectivity index (χ1n) is 6.12. The molecule has 4 nitrogen and oxygen atoms in total. The van der Waals surface area contributed by atoms with Crippen molar-refractivity contribution >= 4 is 11.6 Å². The highest BCUT2D eigenvalue weighted by molar-refractivity contribution is 6.20. The zero-order valence-corrected chi connectivity index (χ0v) is 10.1. The van der Waals surface area contributed by atoms with Crippen LogP contribution in [0.1, 0.15) is 6.42 Å². The van der Waals surface area contributed by atoms with Gasteiger partial charge in [-0.05, 0) is 12.6 Å². The zero-order chi connectivity index (χ0) is 11.0. The molecule has 4 unspecified atom stereocenters. The molecule has 90 valence electrons. The molecule has 0 amide bonds. The van der Waals surface area contributed by atoms with Crippen molar-refractivity contribution in [1.82, 2.24) is 20.9 Å². The van der Waals surface area contributed by atoms with E-state index in [1.165, 1.54) is 0 Å². The van der Waals surface area contributed by atoms with Crippen LogP contribution in [0.4, 0.5) is 0 Å². The summed E-state index contributed by atoms with van der Waals surface area (Å²) in [5.41, 5.74) is 0.0912. The summed E-state index contributed by atoms with van der Waals surface area (Å²) in [4.78, 5) is 2.59. The smallest absolute Gasteiger partial charge is 0.0856 e. The highest BCUT2D eigenvalue weighted by Crippen LogP contribution is 2.29. The van der Waals surface area contributed by atoms with Crippen molar-refractivity contribution in [3.8, 4) is 0 Å². The molecule has 0 radical (unpaired) electrons. The van der Waals surface area contributed by atoms with Crippen LogP contribution in [0, 0.1) is 5.92 Å². The lowest BCUT2D eigenvalue weighted by molar-refractivity contribution is 0.0897. The van der Waals surface area contributed by atoms with Crippen LogP contribution in [0.25, 0.3) is 0 Å². The first kappa shape index (κ1) is 10.8. The largest absolute Gasteiger partial charge is 0.375 e. The second-order valence-electron chi connectivity index (χ2n) is 4.80.